The van der Waals surface area contributed by atoms with Crippen molar-refractivity contribution < 1.29 is 4.74 Å². The van der Waals surface area contributed by atoms with Crippen LogP contribution in [-0.2, 0) is 13.1 Å². The summed E-state index contributed by atoms with van der Waals surface area (Å²) in [6.07, 6.45) is 0. The minimum Gasteiger partial charge on any atom is -0.492 e. The minimum atomic E-state index is 0. The average molecular weight is 532 g/mol. The van der Waals surface area contributed by atoms with Crippen molar-refractivity contribution in [3.05, 3.63) is 45.9 Å². The number of benzene rings is 1. The van der Waals surface area contributed by atoms with Gasteiger partial charge in [0.05, 0.1) is 18.8 Å². The number of rotatable bonds is 10. The summed E-state index contributed by atoms with van der Waals surface area (Å²) in [6.45, 7) is 9.97. The van der Waals surface area contributed by atoms with Crippen LogP contribution in [0.25, 0.3) is 0 Å². The van der Waals surface area contributed by atoms with Crippen LogP contribution in [0, 0.1) is 0 Å². The smallest absolute Gasteiger partial charge is 0.191 e. The second-order valence-electron chi connectivity index (χ2n) is 7.13. The molecular weight excluding hydrogens is 497 g/mol. The Hall–Kier alpha value is -1.39. The van der Waals surface area contributed by atoms with Crippen LogP contribution >= 0.6 is 35.3 Å². The summed E-state index contributed by atoms with van der Waals surface area (Å²) in [5, 5.41) is 9.88. The number of hydrogen-bond donors (Lipinski definition) is 2. The molecule has 0 aliphatic rings. The highest BCUT2D eigenvalue weighted by atomic mass is 127. The number of hydrogen-bond acceptors (Lipinski definition) is 5. The number of nitrogens with one attached hydrogen (secondary N) is 2. The number of likely N-dealkylation sites (N-methyl/N-ethyl adjacent to an activating group) is 1. The van der Waals surface area contributed by atoms with E-state index >= 15 is 0 Å². The number of aromatic nitrogens is 1. The molecule has 0 fully saturated rings. The van der Waals surface area contributed by atoms with Crippen molar-refractivity contribution in [3.8, 4) is 5.75 Å². The molecule has 0 atom stereocenters. The molecule has 1 aromatic carbocycles. The summed E-state index contributed by atoms with van der Waals surface area (Å²) in [6, 6.07) is 8.08. The van der Waals surface area contributed by atoms with Crippen LogP contribution in [0.2, 0.25) is 0 Å². The summed E-state index contributed by atoms with van der Waals surface area (Å²) in [5.41, 5.74) is 2.22. The summed E-state index contributed by atoms with van der Waals surface area (Å²) in [5.74, 6) is 2.13. The van der Waals surface area contributed by atoms with Gasteiger partial charge in [-0.25, -0.2) is 9.98 Å². The molecule has 0 bridgehead atoms. The number of para-hydroxylation sites is 1. The lowest BCUT2D eigenvalue weighted by atomic mass is 10.2. The van der Waals surface area contributed by atoms with Crippen molar-refractivity contribution in [2.24, 2.45) is 4.99 Å². The van der Waals surface area contributed by atoms with Gasteiger partial charge in [-0.15, -0.1) is 35.3 Å². The van der Waals surface area contributed by atoms with Gasteiger partial charge in [-0.2, -0.15) is 0 Å². The molecule has 1 heterocycles. The standard InChI is InChI=1S/C21H33N5OS.HI/c1-6-22-21(24-14-20-25-18(15-28-20)16(2)3)23-13-17-9-7-8-10-19(17)27-12-11-26(4)5;/h7-10,15-16H,6,11-14H2,1-5H3,(H2,22,23,24);1H. The van der Waals surface area contributed by atoms with E-state index in [2.05, 4.69) is 52.7 Å². The molecular formula is C21H34IN5OS. The molecule has 0 saturated heterocycles. The molecule has 2 aromatic rings. The van der Waals surface area contributed by atoms with E-state index < -0.39 is 0 Å². The molecule has 162 valence electrons. The number of halogens is 1. The third kappa shape index (κ3) is 9.31. The first kappa shape index (κ1) is 25.6. The fourth-order valence-corrected chi connectivity index (χ4v) is 3.35. The van der Waals surface area contributed by atoms with Crippen LogP contribution in [0.4, 0.5) is 0 Å². The first-order valence-electron chi connectivity index (χ1n) is 9.81. The number of nitrogens with zero attached hydrogens (tertiary/aromatic N) is 3. The fourth-order valence-electron chi connectivity index (χ4n) is 2.45. The number of ether oxygens (including phenoxy) is 1. The maximum absolute atomic E-state index is 5.93. The van der Waals surface area contributed by atoms with Crippen molar-refractivity contribution in [3.63, 3.8) is 0 Å². The van der Waals surface area contributed by atoms with Crippen molar-refractivity contribution in [1.29, 1.82) is 0 Å². The fraction of sp³-hybridized carbons (Fsp3) is 0.524. The average Bonchev–Trinajstić information content (AvgIpc) is 3.14. The molecule has 0 radical (unpaired) electrons. The van der Waals surface area contributed by atoms with Gasteiger partial charge in [-0.1, -0.05) is 32.0 Å². The van der Waals surface area contributed by atoms with Gasteiger partial charge in [0, 0.05) is 24.0 Å². The molecule has 6 nitrogen and oxygen atoms in total. The lowest BCUT2D eigenvalue weighted by Gasteiger charge is -2.14. The SMILES string of the molecule is CCNC(=NCc1ccccc1OCCN(C)C)NCc1nc(C(C)C)cs1.I. The largest absolute Gasteiger partial charge is 0.492 e. The predicted octanol–water partition coefficient (Wildman–Crippen LogP) is 4.08. The van der Waals surface area contributed by atoms with Crippen LogP contribution in [-0.4, -0.2) is 49.6 Å². The molecule has 0 saturated carbocycles. The van der Waals surface area contributed by atoms with Gasteiger partial charge in [0.25, 0.3) is 0 Å². The molecule has 8 heteroatoms. The molecule has 0 amide bonds. The highest BCUT2D eigenvalue weighted by Gasteiger charge is 2.07. The van der Waals surface area contributed by atoms with Gasteiger partial charge in [0.2, 0.25) is 0 Å². The Morgan fingerprint density at radius 1 is 1.24 bits per heavy atom. The summed E-state index contributed by atoms with van der Waals surface area (Å²) >= 11 is 1.69. The first-order chi connectivity index (χ1) is 13.5. The molecule has 1 aromatic heterocycles. The zero-order valence-corrected chi connectivity index (χ0v) is 21.2. The van der Waals surface area contributed by atoms with Gasteiger partial charge in [-0.3, -0.25) is 0 Å². The van der Waals surface area contributed by atoms with E-state index in [1.54, 1.807) is 11.3 Å². The van der Waals surface area contributed by atoms with Gasteiger partial charge in [0.1, 0.15) is 17.4 Å². The Morgan fingerprint density at radius 2 is 2.00 bits per heavy atom. The molecule has 2 N–H and O–H groups in total. The highest BCUT2D eigenvalue weighted by molar-refractivity contribution is 14.0. The maximum atomic E-state index is 5.93. The van der Waals surface area contributed by atoms with E-state index in [1.807, 2.05) is 32.3 Å². The van der Waals surface area contributed by atoms with Crippen LogP contribution < -0.4 is 15.4 Å². The van der Waals surface area contributed by atoms with Crippen molar-refractivity contribution >= 4 is 41.3 Å². The second kappa shape index (κ2) is 13.8. The molecule has 2 rings (SSSR count). The minimum absolute atomic E-state index is 0. The first-order valence-corrected chi connectivity index (χ1v) is 10.7. The van der Waals surface area contributed by atoms with Crippen LogP contribution in [0.1, 0.15) is 43.0 Å². The Bertz CT molecular complexity index is 748. The summed E-state index contributed by atoms with van der Waals surface area (Å²) in [4.78, 5) is 11.5. The van der Waals surface area contributed by atoms with Crippen molar-refractivity contribution in [1.82, 2.24) is 20.5 Å². The lowest BCUT2D eigenvalue weighted by Crippen LogP contribution is -2.36. The highest BCUT2D eigenvalue weighted by Crippen LogP contribution is 2.19. The van der Waals surface area contributed by atoms with E-state index in [0.717, 1.165) is 41.1 Å². The third-order valence-corrected chi connectivity index (χ3v) is 4.96. The van der Waals surface area contributed by atoms with Crippen LogP contribution in [0.5, 0.6) is 5.75 Å². The number of thiazole rings is 1. The lowest BCUT2D eigenvalue weighted by molar-refractivity contribution is 0.259. The maximum Gasteiger partial charge on any atom is 0.191 e. The Kier molecular flexibility index (Phi) is 12.2. The van der Waals surface area contributed by atoms with E-state index in [0.29, 0.717) is 25.6 Å². The quantitative estimate of drug-likeness (QED) is 0.275. The van der Waals surface area contributed by atoms with Gasteiger partial charge >= 0.3 is 0 Å². The Balaban J connectivity index is 0.00000420. The summed E-state index contributed by atoms with van der Waals surface area (Å²) in [7, 11) is 4.08. The van der Waals surface area contributed by atoms with Gasteiger partial charge in [0.15, 0.2) is 5.96 Å². The van der Waals surface area contributed by atoms with E-state index in [9.17, 15) is 0 Å². The Morgan fingerprint density at radius 3 is 2.66 bits per heavy atom. The molecule has 0 unspecified atom stereocenters. The monoisotopic (exact) mass is 531 g/mol. The van der Waals surface area contributed by atoms with Crippen LogP contribution in [0.3, 0.4) is 0 Å². The van der Waals surface area contributed by atoms with Gasteiger partial charge in [-0.05, 0) is 33.0 Å². The third-order valence-electron chi connectivity index (χ3n) is 4.09. The zero-order chi connectivity index (χ0) is 20.4. The number of guanidine groups is 1. The van der Waals surface area contributed by atoms with Crippen molar-refractivity contribution in [2.45, 2.75) is 39.8 Å². The van der Waals surface area contributed by atoms with Crippen molar-refractivity contribution in [2.75, 3.05) is 33.8 Å². The molecule has 0 spiro atoms. The topological polar surface area (TPSA) is 61.8 Å². The van der Waals surface area contributed by atoms with E-state index in [1.165, 1.54) is 0 Å². The Labute approximate surface area is 196 Å². The number of aliphatic imine (C=N–C) groups is 1. The second-order valence-corrected chi connectivity index (χ2v) is 8.07. The van der Waals surface area contributed by atoms with Crippen LogP contribution in [0.15, 0.2) is 34.6 Å². The van der Waals surface area contributed by atoms with E-state index in [4.69, 9.17) is 9.73 Å². The zero-order valence-electron chi connectivity index (χ0n) is 18.1. The predicted molar refractivity (Wildman–Crippen MR) is 134 cm³/mol. The normalized spacial score (nSPS) is 11.5. The molecule has 0 aliphatic heterocycles. The summed E-state index contributed by atoms with van der Waals surface area (Å²) < 4.78 is 5.93. The molecule has 0 aliphatic carbocycles. The van der Waals surface area contributed by atoms with E-state index in [-0.39, 0.29) is 24.0 Å². The molecule has 29 heavy (non-hydrogen) atoms. The van der Waals surface area contributed by atoms with Gasteiger partial charge < -0.3 is 20.3 Å².